The largest absolute Gasteiger partial charge is 0.388 e. The molecule has 0 aromatic carbocycles. The van der Waals surface area contributed by atoms with E-state index in [0.29, 0.717) is 31.8 Å². The molecule has 0 aromatic heterocycles. The maximum atomic E-state index is 12.6. The molecule has 3 rings (SSSR count). The van der Waals surface area contributed by atoms with Gasteiger partial charge in [0.2, 0.25) is 11.8 Å². The van der Waals surface area contributed by atoms with Gasteiger partial charge in [-0.05, 0) is 38.0 Å². The second-order valence-electron chi connectivity index (χ2n) is 8.54. The van der Waals surface area contributed by atoms with Crippen LogP contribution in [0.5, 0.6) is 0 Å². The third-order valence-corrected chi connectivity index (χ3v) is 6.45. The Morgan fingerprint density at radius 1 is 1.08 bits per heavy atom. The van der Waals surface area contributed by atoms with Gasteiger partial charge < -0.3 is 15.3 Å². The first-order valence-electron chi connectivity index (χ1n) is 10.3. The number of hydrogen-bond donors (Lipinski definition) is 2. The van der Waals surface area contributed by atoms with Crippen molar-refractivity contribution in [3.63, 3.8) is 0 Å². The Labute approximate surface area is 151 Å². The summed E-state index contributed by atoms with van der Waals surface area (Å²) in [6.07, 6.45) is 12.2. The van der Waals surface area contributed by atoms with Crippen LogP contribution in [0.15, 0.2) is 0 Å². The SMILES string of the molecule is O=C(NCC1(O)CCCCC1)[C@H]1CCC(=O)N(CC2CCCCC2)C1. The normalized spacial score (nSPS) is 28.0. The second kappa shape index (κ2) is 8.52. The van der Waals surface area contributed by atoms with Crippen LogP contribution in [-0.2, 0) is 9.59 Å². The molecule has 2 N–H and O–H groups in total. The van der Waals surface area contributed by atoms with Crippen molar-refractivity contribution in [3.8, 4) is 0 Å². The molecule has 25 heavy (non-hydrogen) atoms. The highest BCUT2D eigenvalue weighted by Gasteiger charge is 2.34. The zero-order valence-electron chi connectivity index (χ0n) is 15.5. The molecule has 5 heteroatoms. The van der Waals surface area contributed by atoms with Crippen molar-refractivity contribution in [2.45, 2.75) is 82.7 Å². The Bertz CT molecular complexity index is 468. The Kier molecular flexibility index (Phi) is 6.37. The number of carbonyl (C=O) groups excluding carboxylic acids is 2. The van der Waals surface area contributed by atoms with Crippen molar-refractivity contribution in [2.24, 2.45) is 11.8 Å². The van der Waals surface area contributed by atoms with Crippen LogP contribution in [0.1, 0.15) is 77.0 Å². The molecule has 0 unspecified atom stereocenters. The van der Waals surface area contributed by atoms with Gasteiger partial charge in [-0.25, -0.2) is 0 Å². The topological polar surface area (TPSA) is 69.6 Å². The molecular weight excluding hydrogens is 316 g/mol. The van der Waals surface area contributed by atoms with Crippen molar-refractivity contribution >= 4 is 11.8 Å². The molecular formula is C20H34N2O3. The second-order valence-corrected chi connectivity index (χ2v) is 8.54. The molecule has 5 nitrogen and oxygen atoms in total. The van der Waals surface area contributed by atoms with Gasteiger partial charge in [0, 0.05) is 26.1 Å². The first-order valence-corrected chi connectivity index (χ1v) is 10.3. The van der Waals surface area contributed by atoms with Gasteiger partial charge in [-0.3, -0.25) is 9.59 Å². The molecule has 142 valence electrons. The lowest BCUT2D eigenvalue weighted by atomic mass is 9.84. The number of piperidine rings is 1. The van der Waals surface area contributed by atoms with Gasteiger partial charge >= 0.3 is 0 Å². The van der Waals surface area contributed by atoms with Gasteiger partial charge in [0.05, 0.1) is 11.5 Å². The Hall–Kier alpha value is -1.10. The highest BCUT2D eigenvalue weighted by molar-refractivity contribution is 5.83. The number of carbonyl (C=O) groups is 2. The number of rotatable bonds is 5. The predicted octanol–water partition coefficient (Wildman–Crippen LogP) is 2.62. The summed E-state index contributed by atoms with van der Waals surface area (Å²) in [7, 11) is 0. The summed E-state index contributed by atoms with van der Waals surface area (Å²) in [4.78, 5) is 26.7. The summed E-state index contributed by atoms with van der Waals surface area (Å²) in [5, 5.41) is 13.5. The van der Waals surface area contributed by atoms with Crippen molar-refractivity contribution in [1.82, 2.24) is 10.2 Å². The van der Waals surface area contributed by atoms with Crippen molar-refractivity contribution < 1.29 is 14.7 Å². The van der Waals surface area contributed by atoms with E-state index in [-0.39, 0.29) is 17.7 Å². The van der Waals surface area contributed by atoms with E-state index in [0.717, 1.165) is 32.2 Å². The van der Waals surface area contributed by atoms with E-state index in [1.165, 1.54) is 38.5 Å². The number of nitrogens with zero attached hydrogens (tertiary/aromatic N) is 1. The predicted molar refractivity (Wildman–Crippen MR) is 96.9 cm³/mol. The molecule has 3 fully saturated rings. The van der Waals surface area contributed by atoms with Crippen LogP contribution in [0.3, 0.4) is 0 Å². The Balaban J connectivity index is 1.47. The Morgan fingerprint density at radius 3 is 2.48 bits per heavy atom. The van der Waals surface area contributed by atoms with Crippen LogP contribution in [-0.4, -0.2) is 47.1 Å². The number of aliphatic hydroxyl groups is 1. The van der Waals surface area contributed by atoms with E-state index in [2.05, 4.69) is 5.32 Å². The van der Waals surface area contributed by atoms with Crippen LogP contribution >= 0.6 is 0 Å². The average molecular weight is 351 g/mol. The summed E-state index contributed by atoms with van der Waals surface area (Å²) in [6, 6.07) is 0. The molecule has 1 heterocycles. The summed E-state index contributed by atoms with van der Waals surface area (Å²) in [5.74, 6) is 0.719. The van der Waals surface area contributed by atoms with Gasteiger partial charge in [0.1, 0.15) is 0 Å². The molecule has 0 spiro atoms. The first-order chi connectivity index (χ1) is 12.1. The van der Waals surface area contributed by atoms with Crippen LogP contribution in [0, 0.1) is 11.8 Å². The van der Waals surface area contributed by atoms with Crippen LogP contribution in [0.25, 0.3) is 0 Å². The summed E-state index contributed by atoms with van der Waals surface area (Å²) in [6.45, 7) is 1.74. The number of nitrogens with one attached hydrogen (secondary N) is 1. The summed E-state index contributed by atoms with van der Waals surface area (Å²) in [5.41, 5.74) is -0.722. The molecule has 3 aliphatic rings. The van der Waals surface area contributed by atoms with Gasteiger partial charge in [-0.1, -0.05) is 38.5 Å². The minimum atomic E-state index is -0.722. The number of likely N-dealkylation sites (tertiary alicyclic amines) is 1. The zero-order valence-corrected chi connectivity index (χ0v) is 15.5. The van der Waals surface area contributed by atoms with Gasteiger partial charge in [0.15, 0.2) is 0 Å². The van der Waals surface area contributed by atoms with Gasteiger partial charge in [-0.15, -0.1) is 0 Å². The summed E-state index contributed by atoms with van der Waals surface area (Å²) >= 11 is 0. The highest BCUT2D eigenvalue weighted by atomic mass is 16.3. The fraction of sp³-hybridized carbons (Fsp3) is 0.900. The molecule has 1 saturated heterocycles. The maximum Gasteiger partial charge on any atom is 0.225 e. The van der Waals surface area contributed by atoms with E-state index in [1.807, 2.05) is 4.90 Å². The first kappa shape index (κ1) is 18.7. The van der Waals surface area contributed by atoms with Gasteiger partial charge in [-0.2, -0.15) is 0 Å². The number of amides is 2. The van der Waals surface area contributed by atoms with Crippen molar-refractivity contribution in [1.29, 1.82) is 0 Å². The molecule has 2 saturated carbocycles. The molecule has 2 aliphatic carbocycles. The van der Waals surface area contributed by atoms with Crippen molar-refractivity contribution in [3.05, 3.63) is 0 Å². The third kappa shape index (κ3) is 5.19. The van der Waals surface area contributed by atoms with E-state index >= 15 is 0 Å². The van der Waals surface area contributed by atoms with Crippen LogP contribution in [0.4, 0.5) is 0 Å². The van der Waals surface area contributed by atoms with Crippen molar-refractivity contribution in [2.75, 3.05) is 19.6 Å². The van der Waals surface area contributed by atoms with Crippen LogP contribution < -0.4 is 5.32 Å². The minimum absolute atomic E-state index is 0.0140. The lowest BCUT2D eigenvalue weighted by molar-refractivity contribution is -0.139. The zero-order chi connectivity index (χ0) is 17.7. The maximum absolute atomic E-state index is 12.6. The summed E-state index contributed by atoms with van der Waals surface area (Å²) < 4.78 is 0. The molecule has 1 aliphatic heterocycles. The van der Waals surface area contributed by atoms with E-state index < -0.39 is 5.60 Å². The highest BCUT2D eigenvalue weighted by Crippen LogP contribution is 2.29. The number of hydrogen-bond acceptors (Lipinski definition) is 3. The fourth-order valence-corrected chi connectivity index (χ4v) is 4.77. The van der Waals surface area contributed by atoms with E-state index in [1.54, 1.807) is 0 Å². The minimum Gasteiger partial charge on any atom is -0.388 e. The van der Waals surface area contributed by atoms with E-state index in [9.17, 15) is 14.7 Å². The quantitative estimate of drug-likeness (QED) is 0.801. The smallest absolute Gasteiger partial charge is 0.225 e. The van der Waals surface area contributed by atoms with Gasteiger partial charge in [0.25, 0.3) is 0 Å². The molecule has 0 aromatic rings. The Morgan fingerprint density at radius 2 is 1.76 bits per heavy atom. The lowest BCUT2D eigenvalue weighted by Gasteiger charge is -2.36. The fourth-order valence-electron chi connectivity index (χ4n) is 4.77. The molecule has 0 radical (unpaired) electrons. The van der Waals surface area contributed by atoms with Crippen LogP contribution in [0.2, 0.25) is 0 Å². The standard InChI is InChI=1S/C20H34N2O3/c23-18-10-9-17(14-22(18)13-16-7-3-1-4-8-16)19(24)21-15-20(25)11-5-2-6-12-20/h16-17,25H,1-15H2,(H,21,24)/t17-/m0/s1. The third-order valence-electron chi connectivity index (χ3n) is 6.45. The average Bonchev–Trinajstić information content (AvgIpc) is 2.63. The lowest BCUT2D eigenvalue weighted by Crippen LogP contribution is -2.50. The molecule has 0 bridgehead atoms. The molecule has 1 atom stereocenters. The molecule has 2 amide bonds. The van der Waals surface area contributed by atoms with E-state index in [4.69, 9.17) is 0 Å². The monoisotopic (exact) mass is 350 g/mol.